The molecule has 1 rings (SSSR count). The van der Waals surface area contributed by atoms with Gasteiger partial charge in [0.25, 0.3) is 0 Å². The van der Waals surface area contributed by atoms with Crippen LogP contribution < -0.4 is 10.6 Å². The lowest BCUT2D eigenvalue weighted by atomic mass is 10.1. The second kappa shape index (κ2) is 9.54. The van der Waals surface area contributed by atoms with Gasteiger partial charge in [-0.15, -0.1) is 0 Å². The maximum atomic E-state index is 11.9. The van der Waals surface area contributed by atoms with Crippen LogP contribution in [-0.2, 0) is 4.79 Å². The Morgan fingerprint density at radius 2 is 1.95 bits per heavy atom. The van der Waals surface area contributed by atoms with Crippen molar-refractivity contribution in [2.45, 2.75) is 58.9 Å². The molecule has 20 heavy (non-hydrogen) atoms. The fourth-order valence-electron chi connectivity index (χ4n) is 2.15. The summed E-state index contributed by atoms with van der Waals surface area (Å²) in [5.74, 6) is 0.0275. The molecule has 1 amide bonds. The van der Waals surface area contributed by atoms with Crippen molar-refractivity contribution < 1.29 is 4.79 Å². The largest absolute Gasteiger partial charge is 0.325 e. The minimum Gasteiger partial charge on any atom is -0.325 e. The number of rotatable bonds is 9. The third-order valence-electron chi connectivity index (χ3n) is 3.52. The van der Waals surface area contributed by atoms with E-state index in [2.05, 4.69) is 24.5 Å². The highest BCUT2D eigenvalue weighted by Gasteiger charge is 2.06. The fraction of sp³-hybridized carbons (Fsp3) is 0.588. The Morgan fingerprint density at radius 1 is 1.20 bits per heavy atom. The van der Waals surface area contributed by atoms with E-state index >= 15 is 0 Å². The Hall–Kier alpha value is -1.35. The van der Waals surface area contributed by atoms with Gasteiger partial charge in [-0.25, -0.2) is 0 Å². The molecule has 0 aliphatic carbocycles. The number of carbonyl (C=O) groups excluding carboxylic acids is 1. The molecule has 3 nitrogen and oxygen atoms in total. The number of aryl methyl sites for hydroxylation is 1. The molecular weight excluding hydrogens is 248 g/mol. The molecule has 0 saturated carbocycles. The van der Waals surface area contributed by atoms with Crippen LogP contribution in [0.5, 0.6) is 0 Å². The molecule has 0 aliphatic rings. The maximum absolute atomic E-state index is 11.9. The highest BCUT2D eigenvalue weighted by Crippen LogP contribution is 2.12. The van der Waals surface area contributed by atoms with E-state index in [1.54, 1.807) is 0 Å². The van der Waals surface area contributed by atoms with Crippen LogP contribution in [0.4, 0.5) is 5.69 Å². The van der Waals surface area contributed by atoms with Gasteiger partial charge in [-0.2, -0.15) is 0 Å². The first-order valence-corrected chi connectivity index (χ1v) is 7.72. The Morgan fingerprint density at radius 3 is 2.65 bits per heavy atom. The molecule has 0 saturated heterocycles. The van der Waals surface area contributed by atoms with Crippen LogP contribution in [0, 0.1) is 6.92 Å². The summed E-state index contributed by atoms with van der Waals surface area (Å²) in [5.41, 5.74) is 1.99. The first kappa shape index (κ1) is 16.7. The monoisotopic (exact) mass is 276 g/mol. The normalized spacial score (nSPS) is 12.2. The zero-order chi connectivity index (χ0) is 14.8. The second-order valence-electron chi connectivity index (χ2n) is 5.49. The minimum atomic E-state index is 0.0275. The van der Waals surface area contributed by atoms with Gasteiger partial charge in [0.2, 0.25) is 5.91 Å². The zero-order valence-corrected chi connectivity index (χ0v) is 13.0. The molecular formula is C17H28N2O. The van der Waals surface area contributed by atoms with E-state index in [1.165, 1.54) is 25.7 Å². The van der Waals surface area contributed by atoms with Crippen LogP contribution in [0.1, 0.15) is 51.5 Å². The van der Waals surface area contributed by atoms with E-state index in [0.29, 0.717) is 12.6 Å². The average molecular weight is 276 g/mol. The van der Waals surface area contributed by atoms with Gasteiger partial charge in [-0.3, -0.25) is 4.79 Å². The predicted molar refractivity (Wildman–Crippen MR) is 86.0 cm³/mol. The summed E-state index contributed by atoms with van der Waals surface area (Å²) in [4.78, 5) is 11.9. The molecule has 1 aromatic carbocycles. The van der Waals surface area contributed by atoms with Crippen LogP contribution in [-0.4, -0.2) is 18.5 Å². The number of carbonyl (C=O) groups is 1. The molecule has 0 radical (unpaired) electrons. The van der Waals surface area contributed by atoms with Crippen LogP contribution in [0.25, 0.3) is 0 Å². The zero-order valence-electron chi connectivity index (χ0n) is 13.0. The number of benzene rings is 1. The number of anilines is 1. The number of amides is 1. The van der Waals surface area contributed by atoms with Crippen molar-refractivity contribution in [2.75, 3.05) is 11.9 Å². The van der Waals surface area contributed by atoms with Gasteiger partial charge >= 0.3 is 0 Å². The van der Waals surface area contributed by atoms with Gasteiger partial charge in [-0.05, 0) is 31.9 Å². The van der Waals surface area contributed by atoms with Crippen LogP contribution in [0.3, 0.4) is 0 Å². The Kier molecular flexibility index (Phi) is 7.97. The number of hydrogen-bond donors (Lipinski definition) is 2. The summed E-state index contributed by atoms with van der Waals surface area (Å²) >= 11 is 0. The lowest BCUT2D eigenvalue weighted by Crippen LogP contribution is -2.34. The summed E-state index contributed by atoms with van der Waals surface area (Å²) in [6, 6.07) is 8.24. The standard InChI is InChI=1S/C17H28N2O/c1-4-5-6-7-11-15(3)18-13-17(20)19-16-12-9-8-10-14(16)2/h8-10,12,15,18H,4-7,11,13H2,1-3H3,(H,19,20)/t15-/m1/s1. The van der Waals surface area contributed by atoms with Crippen molar-refractivity contribution in [3.8, 4) is 0 Å². The molecule has 2 N–H and O–H groups in total. The first-order chi connectivity index (χ1) is 9.63. The lowest BCUT2D eigenvalue weighted by Gasteiger charge is -2.14. The lowest BCUT2D eigenvalue weighted by molar-refractivity contribution is -0.115. The fourth-order valence-corrected chi connectivity index (χ4v) is 2.15. The van der Waals surface area contributed by atoms with Gasteiger partial charge in [0.1, 0.15) is 0 Å². The molecule has 0 bridgehead atoms. The van der Waals surface area contributed by atoms with Crippen molar-refractivity contribution in [1.82, 2.24) is 5.32 Å². The van der Waals surface area contributed by atoms with Gasteiger partial charge < -0.3 is 10.6 Å². The number of nitrogens with one attached hydrogen (secondary N) is 2. The third-order valence-corrected chi connectivity index (χ3v) is 3.52. The van der Waals surface area contributed by atoms with Crippen molar-refractivity contribution >= 4 is 11.6 Å². The van der Waals surface area contributed by atoms with E-state index in [4.69, 9.17) is 0 Å². The van der Waals surface area contributed by atoms with Crippen LogP contribution >= 0.6 is 0 Å². The van der Waals surface area contributed by atoms with E-state index in [1.807, 2.05) is 31.2 Å². The molecule has 1 aromatic rings. The smallest absolute Gasteiger partial charge is 0.238 e. The number of para-hydroxylation sites is 1. The van der Waals surface area contributed by atoms with Gasteiger partial charge in [0.15, 0.2) is 0 Å². The van der Waals surface area contributed by atoms with Crippen LogP contribution in [0.15, 0.2) is 24.3 Å². The summed E-state index contributed by atoms with van der Waals surface area (Å²) < 4.78 is 0. The predicted octanol–water partition coefficient (Wildman–Crippen LogP) is 3.88. The molecule has 3 heteroatoms. The van der Waals surface area contributed by atoms with Crippen molar-refractivity contribution in [3.63, 3.8) is 0 Å². The molecule has 0 unspecified atom stereocenters. The van der Waals surface area contributed by atoms with E-state index in [0.717, 1.165) is 17.7 Å². The molecule has 1 atom stereocenters. The molecule has 112 valence electrons. The Balaban J connectivity index is 2.21. The molecule has 0 spiro atoms. The van der Waals surface area contributed by atoms with Crippen molar-refractivity contribution in [3.05, 3.63) is 29.8 Å². The first-order valence-electron chi connectivity index (χ1n) is 7.72. The highest BCUT2D eigenvalue weighted by molar-refractivity contribution is 5.92. The van der Waals surface area contributed by atoms with Crippen molar-refractivity contribution in [2.24, 2.45) is 0 Å². The van der Waals surface area contributed by atoms with Gasteiger partial charge in [0, 0.05) is 11.7 Å². The third kappa shape index (κ3) is 6.71. The number of hydrogen-bond acceptors (Lipinski definition) is 2. The minimum absolute atomic E-state index is 0.0275. The quantitative estimate of drug-likeness (QED) is 0.672. The molecule has 0 aromatic heterocycles. The second-order valence-corrected chi connectivity index (χ2v) is 5.49. The summed E-state index contributed by atoms with van der Waals surface area (Å²) in [5, 5.41) is 6.23. The summed E-state index contributed by atoms with van der Waals surface area (Å²) in [6.45, 7) is 6.74. The maximum Gasteiger partial charge on any atom is 0.238 e. The van der Waals surface area contributed by atoms with Crippen molar-refractivity contribution in [1.29, 1.82) is 0 Å². The molecule has 0 aliphatic heterocycles. The highest BCUT2D eigenvalue weighted by atomic mass is 16.1. The molecule has 0 heterocycles. The topological polar surface area (TPSA) is 41.1 Å². The van der Waals surface area contributed by atoms with E-state index < -0.39 is 0 Å². The SMILES string of the molecule is CCCCCC[C@@H](C)NCC(=O)Nc1ccccc1C. The summed E-state index contributed by atoms with van der Waals surface area (Å²) in [7, 11) is 0. The number of unbranched alkanes of at least 4 members (excludes halogenated alkanes) is 3. The molecule has 0 fully saturated rings. The average Bonchev–Trinajstić information content (AvgIpc) is 2.44. The van der Waals surface area contributed by atoms with Crippen LogP contribution in [0.2, 0.25) is 0 Å². The summed E-state index contributed by atoms with van der Waals surface area (Å²) in [6.07, 6.45) is 6.23. The Bertz CT molecular complexity index is 404. The Labute approximate surface area is 123 Å². The van der Waals surface area contributed by atoms with E-state index in [-0.39, 0.29) is 5.91 Å². The van der Waals surface area contributed by atoms with E-state index in [9.17, 15) is 4.79 Å². The van der Waals surface area contributed by atoms with Gasteiger partial charge in [-0.1, -0.05) is 50.8 Å². The van der Waals surface area contributed by atoms with Gasteiger partial charge in [0.05, 0.1) is 6.54 Å².